The maximum Gasteiger partial charge on any atom is 0.0949 e. The number of benzene rings is 1. The molecule has 5 heteroatoms. The highest BCUT2D eigenvalue weighted by molar-refractivity contribution is 6.31. The standard InChI is InChI=1S/C14H19ClN2O2/c1-2-16-6-10-7-17(8-12(19)9-18)14-5-11(15)3-4-13(10)14/h3-5,7,12,16,18-19H,2,6,8-9H2,1H3. The number of rotatable bonds is 6. The SMILES string of the molecule is CCNCc1cn(CC(O)CO)c2cc(Cl)ccc12. The number of halogens is 1. The lowest BCUT2D eigenvalue weighted by molar-refractivity contribution is 0.0822. The molecular formula is C14H19ClN2O2. The van der Waals surface area contributed by atoms with E-state index in [-0.39, 0.29) is 6.61 Å². The van der Waals surface area contributed by atoms with E-state index in [0.717, 1.165) is 24.0 Å². The van der Waals surface area contributed by atoms with Crippen molar-refractivity contribution in [2.75, 3.05) is 13.2 Å². The molecule has 0 spiro atoms. The summed E-state index contributed by atoms with van der Waals surface area (Å²) >= 11 is 6.03. The maximum atomic E-state index is 9.61. The van der Waals surface area contributed by atoms with Crippen LogP contribution in [0, 0.1) is 0 Å². The van der Waals surface area contributed by atoms with Crippen molar-refractivity contribution in [3.63, 3.8) is 0 Å². The zero-order valence-corrected chi connectivity index (χ0v) is 11.7. The number of aliphatic hydroxyl groups excluding tert-OH is 2. The molecule has 0 bridgehead atoms. The van der Waals surface area contributed by atoms with Crippen molar-refractivity contribution in [1.29, 1.82) is 0 Å². The zero-order valence-electron chi connectivity index (χ0n) is 10.9. The van der Waals surface area contributed by atoms with Crippen LogP contribution in [0.25, 0.3) is 10.9 Å². The summed E-state index contributed by atoms with van der Waals surface area (Å²) < 4.78 is 1.94. The van der Waals surface area contributed by atoms with E-state index in [1.165, 1.54) is 5.56 Å². The third-order valence-electron chi connectivity index (χ3n) is 3.11. The van der Waals surface area contributed by atoms with E-state index >= 15 is 0 Å². The third-order valence-corrected chi connectivity index (χ3v) is 3.35. The van der Waals surface area contributed by atoms with Crippen molar-refractivity contribution < 1.29 is 10.2 Å². The third kappa shape index (κ3) is 3.28. The molecule has 19 heavy (non-hydrogen) atoms. The summed E-state index contributed by atoms with van der Waals surface area (Å²) in [7, 11) is 0. The van der Waals surface area contributed by atoms with Gasteiger partial charge in [-0.15, -0.1) is 0 Å². The highest BCUT2D eigenvalue weighted by atomic mass is 35.5. The molecule has 1 heterocycles. The van der Waals surface area contributed by atoms with Gasteiger partial charge in [-0.05, 0) is 24.2 Å². The van der Waals surface area contributed by atoms with Crippen molar-refractivity contribution in [3.8, 4) is 0 Å². The molecule has 4 nitrogen and oxygen atoms in total. The number of aliphatic hydroxyl groups is 2. The predicted octanol–water partition coefficient (Wildman–Crippen LogP) is 1.76. The van der Waals surface area contributed by atoms with Gasteiger partial charge in [0.1, 0.15) is 0 Å². The van der Waals surface area contributed by atoms with Gasteiger partial charge in [0, 0.05) is 28.7 Å². The minimum atomic E-state index is -0.762. The van der Waals surface area contributed by atoms with Gasteiger partial charge in [0.2, 0.25) is 0 Å². The molecule has 0 fully saturated rings. The van der Waals surface area contributed by atoms with Crippen LogP contribution in [0.2, 0.25) is 5.02 Å². The lowest BCUT2D eigenvalue weighted by Gasteiger charge is -2.09. The Morgan fingerprint density at radius 3 is 2.89 bits per heavy atom. The minimum absolute atomic E-state index is 0.247. The van der Waals surface area contributed by atoms with Crippen LogP contribution in [0.3, 0.4) is 0 Å². The molecule has 0 aliphatic rings. The summed E-state index contributed by atoms with van der Waals surface area (Å²) in [6.07, 6.45) is 1.24. The Morgan fingerprint density at radius 2 is 2.21 bits per heavy atom. The van der Waals surface area contributed by atoms with Crippen molar-refractivity contribution >= 4 is 22.5 Å². The molecule has 0 aliphatic heterocycles. The summed E-state index contributed by atoms with van der Waals surface area (Å²) in [4.78, 5) is 0. The van der Waals surface area contributed by atoms with Crippen LogP contribution in [0.1, 0.15) is 12.5 Å². The molecule has 3 N–H and O–H groups in total. The van der Waals surface area contributed by atoms with Gasteiger partial charge in [0.15, 0.2) is 0 Å². The van der Waals surface area contributed by atoms with E-state index in [9.17, 15) is 5.11 Å². The minimum Gasteiger partial charge on any atom is -0.394 e. The fraction of sp³-hybridized carbons (Fsp3) is 0.429. The maximum absolute atomic E-state index is 9.61. The number of hydrogen-bond donors (Lipinski definition) is 3. The van der Waals surface area contributed by atoms with Crippen molar-refractivity contribution in [2.45, 2.75) is 26.1 Å². The summed E-state index contributed by atoms with van der Waals surface area (Å²) in [5, 5.41) is 23.7. The second-order valence-corrected chi connectivity index (χ2v) is 5.02. The van der Waals surface area contributed by atoms with Crippen LogP contribution in [-0.2, 0) is 13.1 Å². The van der Waals surface area contributed by atoms with E-state index in [2.05, 4.69) is 12.2 Å². The first kappa shape index (κ1) is 14.3. The predicted molar refractivity (Wildman–Crippen MR) is 77.4 cm³/mol. The Bertz CT molecular complexity index is 554. The monoisotopic (exact) mass is 282 g/mol. The molecule has 0 saturated heterocycles. The molecule has 1 atom stereocenters. The quantitative estimate of drug-likeness (QED) is 0.757. The van der Waals surface area contributed by atoms with E-state index < -0.39 is 6.10 Å². The molecule has 2 rings (SSSR count). The number of hydrogen-bond acceptors (Lipinski definition) is 3. The summed E-state index contributed by atoms with van der Waals surface area (Å²) in [5.41, 5.74) is 2.14. The van der Waals surface area contributed by atoms with Gasteiger partial charge in [-0.2, -0.15) is 0 Å². The van der Waals surface area contributed by atoms with Gasteiger partial charge in [-0.3, -0.25) is 0 Å². The molecular weight excluding hydrogens is 264 g/mol. The number of aromatic nitrogens is 1. The van der Waals surface area contributed by atoms with Crippen molar-refractivity contribution in [1.82, 2.24) is 9.88 Å². The molecule has 0 amide bonds. The first-order chi connectivity index (χ1) is 9.15. The van der Waals surface area contributed by atoms with E-state index in [1.807, 2.05) is 29.0 Å². The second-order valence-electron chi connectivity index (χ2n) is 4.58. The Balaban J connectivity index is 2.41. The van der Waals surface area contributed by atoms with Crippen LogP contribution < -0.4 is 5.32 Å². The second kappa shape index (κ2) is 6.39. The van der Waals surface area contributed by atoms with Crippen LogP contribution in [0.15, 0.2) is 24.4 Å². The van der Waals surface area contributed by atoms with Crippen molar-refractivity contribution in [2.24, 2.45) is 0 Å². The van der Waals surface area contributed by atoms with Crippen molar-refractivity contribution in [3.05, 3.63) is 35.0 Å². The first-order valence-corrected chi connectivity index (χ1v) is 6.80. The summed E-state index contributed by atoms with van der Waals surface area (Å²) in [5.74, 6) is 0. The van der Waals surface area contributed by atoms with Crippen LogP contribution in [-0.4, -0.2) is 34.0 Å². The van der Waals surface area contributed by atoms with Gasteiger partial charge < -0.3 is 20.1 Å². The molecule has 1 unspecified atom stereocenters. The van der Waals surface area contributed by atoms with Gasteiger partial charge >= 0.3 is 0 Å². The average Bonchev–Trinajstić information content (AvgIpc) is 2.73. The van der Waals surface area contributed by atoms with Crippen LogP contribution in [0.4, 0.5) is 0 Å². The average molecular weight is 283 g/mol. The zero-order chi connectivity index (χ0) is 13.8. The van der Waals surface area contributed by atoms with E-state index in [1.54, 1.807) is 0 Å². The van der Waals surface area contributed by atoms with Crippen LogP contribution in [0.5, 0.6) is 0 Å². The Labute approximate surface area is 117 Å². The Morgan fingerprint density at radius 1 is 1.42 bits per heavy atom. The number of fused-ring (bicyclic) bond motifs is 1. The van der Waals surface area contributed by atoms with Crippen LogP contribution >= 0.6 is 11.6 Å². The molecule has 0 aliphatic carbocycles. The van der Waals surface area contributed by atoms with E-state index in [0.29, 0.717) is 11.6 Å². The fourth-order valence-corrected chi connectivity index (χ4v) is 2.34. The number of nitrogens with one attached hydrogen (secondary N) is 1. The van der Waals surface area contributed by atoms with E-state index in [4.69, 9.17) is 16.7 Å². The fourth-order valence-electron chi connectivity index (χ4n) is 2.18. The van der Waals surface area contributed by atoms with Gasteiger partial charge in [-0.25, -0.2) is 0 Å². The number of nitrogens with zero attached hydrogens (tertiary/aromatic N) is 1. The highest BCUT2D eigenvalue weighted by Gasteiger charge is 2.11. The normalized spacial score (nSPS) is 13.1. The molecule has 104 valence electrons. The Hall–Kier alpha value is -1.07. The summed E-state index contributed by atoms with van der Waals surface area (Å²) in [6, 6.07) is 5.74. The Kier molecular flexibility index (Phi) is 4.82. The molecule has 1 aromatic heterocycles. The molecule has 2 aromatic rings. The molecule has 0 radical (unpaired) electrons. The highest BCUT2D eigenvalue weighted by Crippen LogP contribution is 2.25. The van der Waals surface area contributed by atoms with Gasteiger partial charge in [-0.1, -0.05) is 24.6 Å². The van der Waals surface area contributed by atoms with Gasteiger partial charge in [0.05, 0.1) is 19.3 Å². The lowest BCUT2D eigenvalue weighted by Crippen LogP contribution is -2.19. The topological polar surface area (TPSA) is 57.4 Å². The largest absolute Gasteiger partial charge is 0.394 e. The van der Waals surface area contributed by atoms with Gasteiger partial charge in [0.25, 0.3) is 0 Å². The summed E-state index contributed by atoms with van der Waals surface area (Å²) in [6.45, 7) is 3.85. The molecule has 0 saturated carbocycles. The molecule has 1 aromatic carbocycles. The smallest absolute Gasteiger partial charge is 0.0949 e. The lowest BCUT2D eigenvalue weighted by atomic mass is 10.2. The first-order valence-electron chi connectivity index (χ1n) is 6.42.